The number of aryl methyl sites for hydroxylation is 2. The van der Waals surface area contributed by atoms with E-state index in [9.17, 15) is 0 Å². The number of hydrogen-bond donors (Lipinski definition) is 1. The van der Waals surface area contributed by atoms with Crippen LogP contribution < -0.4 is 10.6 Å². The maximum absolute atomic E-state index is 5.71. The van der Waals surface area contributed by atoms with Gasteiger partial charge in [0.15, 0.2) is 0 Å². The highest BCUT2D eigenvalue weighted by molar-refractivity contribution is 7.18. The Balaban J connectivity index is 1.93. The smallest absolute Gasteiger partial charge is 0.141 e. The quantitative estimate of drug-likeness (QED) is 0.746. The predicted molar refractivity (Wildman–Crippen MR) is 103 cm³/mol. The van der Waals surface area contributed by atoms with Gasteiger partial charge in [0.25, 0.3) is 0 Å². The average molecular weight is 340 g/mol. The van der Waals surface area contributed by atoms with Gasteiger partial charge in [-0.25, -0.2) is 9.97 Å². The van der Waals surface area contributed by atoms with E-state index in [0.717, 1.165) is 29.4 Å². The Morgan fingerprint density at radius 2 is 1.83 bits per heavy atom. The zero-order valence-electron chi connectivity index (χ0n) is 14.5. The van der Waals surface area contributed by atoms with Gasteiger partial charge in [-0.05, 0) is 37.9 Å². The molecular weight excluding hydrogens is 316 g/mol. The van der Waals surface area contributed by atoms with E-state index < -0.39 is 0 Å². The van der Waals surface area contributed by atoms with Crippen molar-refractivity contribution in [2.75, 3.05) is 25.0 Å². The van der Waals surface area contributed by atoms with Crippen LogP contribution in [0.25, 0.3) is 10.2 Å². The molecule has 0 aliphatic heterocycles. The van der Waals surface area contributed by atoms with E-state index in [2.05, 4.69) is 56.1 Å². The summed E-state index contributed by atoms with van der Waals surface area (Å²) in [5.41, 5.74) is 8.34. The summed E-state index contributed by atoms with van der Waals surface area (Å²) in [5, 5.41) is 1.19. The molecule has 0 aliphatic carbocycles. The Morgan fingerprint density at radius 1 is 1.08 bits per heavy atom. The monoisotopic (exact) mass is 340 g/mol. The third-order valence-corrected chi connectivity index (χ3v) is 5.47. The summed E-state index contributed by atoms with van der Waals surface area (Å²) in [4.78, 5) is 14.2. The van der Waals surface area contributed by atoms with Gasteiger partial charge in [0.1, 0.15) is 16.5 Å². The van der Waals surface area contributed by atoms with Crippen molar-refractivity contribution in [3.8, 4) is 0 Å². The molecule has 0 bridgehead atoms. The first-order chi connectivity index (χ1) is 11.6. The Morgan fingerprint density at radius 3 is 2.54 bits per heavy atom. The number of fused-ring (bicyclic) bond motifs is 1. The fourth-order valence-corrected chi connectivity index (χ4v) is 3.88. The lowest BCUT2D eigenvalue weighted by molar-refractivity contribution is 0.832. The SMILES string of the molecule is Cc1sc2nc(CCN)nc(N(C)CCc3ccccc3)c2c1C. The van der Waals surface area contributed by atoms with Crippen molar-refractivity contribution >= 4 is 27.4 Å². The standard InChI is InChI=1S/C19H24N4S/c1-13-14(2)24-19-17(13)18(21-16(22-19)9-11-20)23(3)12-10-15-7-5-4-6-8-15/h4-8H,9-12,20H2,1-3H3. The summed E-state index contributed by atoms with van der Waals surface area (Å²) < 4.78 is 0. The van der Waals surface area contributed by atoms with Crippen LogP contribution in [0, 0.1) is 13.8 Å². The molecule has 0 atom stereocenters. The van der Waals surface area contributed by atoms with Crippen molar-refractivity contribution in [1.82, 2.24) is 9.97 Å². The lowest BCUT2D eigenvalue weighted by Crippen LogP contribution is -2.23. The number of aromatic nitrogens is 2. The predicted octanol–water partition coefficient (Wildman–Crippen LogP) is 3.49. The van der Waals surface area contributed by atoms with Crippen molar-refractivity contribution in [1.29, 1.82) is 0 Å². The highest BCUT2D eigenvalue weighted by atomic mass is 32.1. The fraction of sp³-hybridized carbons (Fsp3) is 0.368. The van der Waals surface area contributed by atoms with Crippen molar-refractivity contribution in [2.45, 2.75) is 26.7 Å². The van der Waals surface area contributed by atoms with Crippen LogP contribution in [0.4, 0.5) is 5.82 Å². The van der Waals surface area contributed by atoms with E-state index in [1.165, 1.54) is 21.4 Å². The molecule has 0 saturated carbocycles. The molecule has 0 saturated heterocycles. The van der Waals surface area contributed by atoms with Crippen molar-refractivity contribution < 1.29 is 0 Å². The number of likely N-dealkylation sites (N-methyl/N-ethyl adjacent to an activating group) is 1. The Kier molecular flexibility index (Phi) is 5.11. The maximum Gasteiger partial charge on any atom is 0.141 e. The van der Waals surface area contributed by atoms with Gasteiger partial charge >= 0.3 is 0 Å². The van der Waals surface area contributed by atoms with Gasteiger partial charge in [0, 0.05) is 24.9 Å². The van der Waals surface area contributed by atoms with Crippen LogP contribution in [0.5, 0.6) is 0 Å². The molecule has 2 heterocycles. The molecule has 3 aromatic rings. The Labute approximate surface area is 147 Å². The minimum atomic E-state index is 0.571. The molecule has 0 radical (unpaired) electrons. The first kappa shape index (κ1) is 16.9. The third kappa shape index (κ3) is 3.42. The van der Waals surface area contributed by atoms with Gasteiger partial charge in [-0.15, -0.1) is 11.3 Å². The van der Waals surface area contributed by atoms with Crippen LogP contribution in [0.2, 0.25) is 0 Å². The van der Waals surface area contributed by atoms with E-state index >= 15 is 0 Å². The topological polar surface area (TPSA) is 55.0 Å². The van der Waals surface area contributed by atoms with Gasteiger partial charge in [-0.1, -0.05) is 30.3 Å². The zero-order chi connectivity index (χ0) is 17.1. The van der Waals surface area contributed by atoms with E-state index in [1.807, 2.05) is 0 Å². The Hall–Kier alpha value is -1.98. The van der Waals surface area contributed by atoms with Crippen LogP contribution in [-0.4, -0.2) is 30.1 Å². The molecule has 5 heteroatoms. The summed E-state index contributed by atoms with van der Waals surface area (Å²) in [6.45, 7) is 5.81. The van der Waals surface area contributed by atoms with Gasteiger partial charge in [-0.3, -0.25) is 0 Å². The summed E-state index contributed by atoms with van der Waals surface area (Å²) in [6.07, 6.45) is 1.71. The number of nitrogens with two attached hydrogens (primary N) is 1. The number of benzene rings is 1. The highest BCUT2D eigenvalue weighted by Crippen LogP contribution is 2.34. The van der Waals surface area contributed by atoms with Crippen molar-refractivity contribution in [3.63, 3.8) is 0 Å². The van der Waals surface area contributed by atoms with Crippen LogP contribution in [0.15, 0.2) is 30.3 Å². The summed E-state index contributed by atoms with van der Waals surface area (Å²) >= 11 is 1.75. The fourth-order valence-electron chi connectivity index (χ4n) is 2.84. The molecule has 4 nitrogen and oxygen atoms in total. The first-order valence-electron chi connectivity index (χ1n) is 8.32. The number of thiophene rings is 1. The van der Waals surface area contributed by atoms with Crippen LogP contribution >= 0.6 is 11.3 Å². The van der Waals surface area contributed by atoms with Crippen molar-refractivity contribution in [2.24, 2.45) is 5.73 Å². The minimum absolute atomic E-state index is 0.571. The summed E-state index contributed by atoms with van der Waals surface area (Å²) in [5.74, 6) is 1.87. The zero-order valence-corrected chi connectivity index (χ0v) is 15.4. The maximum atomic E-state index is 5.71. The third-order valence-electron chi connectivity index (χ3n) is 4.36. The molecule has 1 aromatic carbocycles. The van der Waals surface area contributed by atoms with E-state index in [4.69, 9.17) is 15.7 Å². The van der Waals surface area contributed by atoms with Gasteiger partial charge in [0.05, 0.1) is 5.39 Å². The molecule has 3 rings (SSSR count). The van der Waals surface area contributed by atoms with E-state index in [-0.39, 0.29) is 0 Å². The summed E-state index contributed by atoms with van der Waals surface area (Å²) in [7, 11) is 2.11. The highest BCUT2D eigenvalue weighted by Gasteiger charge is 2.17. The molecule has 2 aromatic heterocycles. The minimum Gasteiger partial charge on any atom is -0.359 e. The molecular formula is C19H24N4S. The molecule has 0 aliphatic rings. The number of rotatable bonds is 6. The van der Waals surface area contributed by atoms with Crippen LogP contribution in [0.3, 0.4) is 0 Å². The number of hydrogen-bond acceptors (Lipinski definition) is 5. The molecule has 0 fully saturated rings. The second-order valence-corrected chi connectivity index (χ2v) is 7.33. The van der Waals surface area contributed by atoms with Gasteiger partial charge in [-0.2, -0.15) is 0 Å². The first-order valence-corrected chi connectivity index (χ1v) is 9.13. The molecule has 0 unspecified atom stereocenters. The van der Waals surface area contributed by atoms with Crippen LogP contribution in [0.1, 0.15) is 21.8 Å². The molecule has 24 heavy (non-hydrogen) atoms. The van der Waals surface area contributed by atoms with E-state index in [0.29, 0.717) is 13.0 Å². The van der Waals surface area contributed by atoms with Crippen LogP contribution in [-0.2, 0) is 12.8 Å². The van der Waals surface area contributed by atoms with Gasteiger partial charge < -0.3 is 10.6 Å². The lowest BCUT2D eigenvalue weighted by Gasteiger charge is -2.20. The normalized spacial score (nSPS) is 11.2. The molecule has 2 N–H and O–H groups in total. The largest absolute Gasteiger partial charge is 0.359 e. The van der Waals surface area contributed by atoms with Gasteiger partial charge in [0.2, 0.25) is 0 Å². The average Bonchev–Trinajstić information content (AvgIpc) is 2.87. The molecule has 0 spiro atoms. The van der Waals surface area contributed by atoms with E-state index in [1.54, 1.807) is 11.3 Å². The van der Waals surface area contributed by atoms with Crippen molar-refractivity contribution in [3.05, 3.63) is 52.2 Å². The lowest BCUT2D eigenvalue weighted by atomic mass is 10.1. The summed E-state index contributed by atoms with van der Waals surface area (Å²) in [6, 6.07) is 10.6. The number of nitrogens with zero attached hydrogens (tertiary/aromatic N) is 3. The molecule has 0 amide bonds. The Bertz CT molecular complexity index is 826. The number of anilines is 1. The second kappa shape index (κ2) is 7.28. The molecule has 126 valence electrons. The second-order valence-electron chi connectivity index (χ2n) is 6.12.